The number of benzene rings is 4. The zero-order valence-electron chi connectivity index (χ0n) is 21.0. The molecule has 2 fully saturated rings. The van der Waals surface area contributed by atoms with Crippen LogP contribution in [0.5, 0.6) is 0 Å². The van der Waals surface area contributed by atoms with E-state index in [9.17, 15) is 13.2 Å². The van der Waals surface area contributed by atoms with Crippen molar-refractivity contribution in [2.75, 3.05) is 0 Å². The molecule has 1 aliphatic carbocycles. The molecule has 1 saturated heterocycles. The molecule has 0 aromatic heterocycles. The Balaban J connectivity index is 1.46. The lowest BCUT2D eigenvalue weighted by Crippen LogP contribution is -2.55. The lowest BCUT2D eigenvalue weighted by atomic mass is 9.70. The molecule has 0 N–H and O–H groups in total. The molecule has 4 atom stereocenters. The SMILES string of the molecule is Cc1ccc(S(=O)(=O)N2C(c3ccccc3)CC(=O)C3CCC(c4cccc5ccccc45)CC32)cc1. The Morgan fingerprint density at radius 2 is 1.49 bits per heavy atom. The number of carbonyl (C=O) groups excluding carboxylic acids is 1. The van der Waals surface area contributed by atoms with Crippen molar-refractivity contribution < 1.29 is 13.2 Å². The number of Topliss-reactive ketones (excluding diaryl/α,β-unsaturated/α-hetero) is 1. The number of fused-ring (bicyclic) bond motifs is 2. The number of sulfonamides is 1. The van der Waals surface area contributed by atoms with Gasteiger partial charge in [0, 0.05) is 18.4 Å². The summed E-state index contributed by atoms with van der Waals surface area (Å²) >= 11 is 0. The van der Waals surface area contributed by atoms with Crippen molar-refractivity contribution in [3.05, 3.63) is 114 Å². The summed E-state index contributed by atoms with van der Waals surface area (Å²) in [6.07, 6.45) is 2.45. The number of ketones is 1. The van der Waals surface area contributed by atoms with E-state index in [2.05, 4.69) is 36.4 Å². The Labute approximate surface area is 219 Å². The van der Waals surface area contributed by atoms with Gasteiger partial charge in [-0.3, -0.25) is 4.79 Å². The van der Waals surface area contributed by atoms with Gasteiger partial charge in [-0.1, -0.05) is 90.5 Å². The van der Waals surface area contributed by atoms with Gasteiger partial charge < -0.3 is 0 Å². The van der Waals surface area contributed by atoms with Gasteiger partial charge in [-0.2, -0.15) is 4.31 Å². The third-order valence-electron chi connectivity index (χ3n) is 8.30. The second kappa shape index (κ2) is 9.55. The van der Waals surface area contributed by atoms with Crippen LogP contribution in [0.25, 0.3) is 10.8 Å². The van der Waals surface area contributed by atoms with E-state index >= 15 is 0 Å². The highest BCUT2D eigenvalue weighted by Crippen LogP contribution is 2.49. The van der Waals surface area contributed by atoms with E-state index in [1.807, 2.05) is 55.5 Å². The standard InChI is InChI=1S/C32H31NO3S/c1-22-14-17-26(18-15-22)37(35,36)33-30(24-9-3-2-4-10-24)21-32(34)29-19-16-25(20-31(29)33)28-13-7-11-23-8-5-6-12-27(23)28/h2-15,17-18,25,29-31H,16,19-21H2,1H3. The monoisotopic (exact) mass is 509 g/mol. The van der Waals surface area contributed by atoms with Gasteiger partial charge in [0.05, 0.1) is 10.9 Å². The quantitative estimate of drug-likeness (QED) is 0.304. The molecule has 188 valence electrons. The molecule has 0 bridgehead atoms. The fourth-order valence-corrected chi connectivity index (χ4v) is 8.32. The van der Waals surface area contributed by atoms with Crippen molar-refractivity contribution >= 4 is 26.6 Å². The van der Waals surface area contributed by atoms with Crippen LogP contribution in [0.3, 0.4) is 0 Å². The molecule has 2 aliphatic rings. The average molecular weight is 510 g/mol. The molecule has 0 radical (unpaired) electrons. The van der Waals surface area contributed by atoms with Crippen LogP contribution in [0.1, 0.15) is 54.3 Å². The molecule has 0 amide bonds. The van der Waals surface area contributed by atoms with E-state index < -0.39 is 16.1 Å². The Bertz CT molecular complexity index is 1540. The van der Waals surface area contributed by atoms with Gasteiger partial charge in [-0.25, -0.2) is 8.42 Å². The summed E-state index contributed by atoms with van der Waals surface area (Å²) in [4.78, 5) is 13.8. The van der Waals surface area contributed by atoms with Crippen molar-refractivity contribution in [2.45, 2.75) is 55.5 Å². The maximum Gasteiger partial charge on any atom is 0.243 e. The van der Waals surface area contributed by atoms with E-state index in [1.54, 1.807) is 16.4 Å². The summed E-state index contributed by atoms with van der Waals surface area (Å²) in [5.74, 6) is 0.0994. The van der Waals surface area contributed by atoms with Crippen LogP contribution >= 0.6 is 0 Å². The molecular weight excluding hydrogens is 478 g/mol. The van der Waals surface area contributed by atoms with Crippen LogP contribution in [0.4, 0.5) is 0 Å². The van der Waals surface area contributed by atoms with Gasteiger partial charge in [-0.15, -0.1) is 0 Å². The number of hydrogen-bond acceptors (Lipinski definition) is 3. The van der Waals surface area contributed by atoms with Crippen LogP contribution in [0, 0.1) is 12.8 Å². The number of rotatable bonds is 4. The lowest BCUT2D eigenvalue weighted by Gasteiger charge is -2.48. The predicted molar refractivity (Wildman–Crippen MR) is 147 cm³/mol. The number of piperidine rings is 1. The van der Waals surface area contributed by atoms with Crippen LogP contribution in [0.15, 0.2) is 102 Å². The zero-order chi connectivity index (χ0) is 25.6. The summed E-state index contributed by atoms with van der Waals surface area (Å²) < 4.78 is 30.3. The van der Waals surface area contributed by atoms with E-state index in [4.69, 9.17) is 0 Å². The first kappa shape index (κ1) is 24.1. The predicted octanol–water partition coefficient (Wildman–Crippen LogP) is 6.81. The Morgan fingerprint density at radius 1 is 0.784 bits per heavy atom. The minimum atomic E-state index is -3.84. The molecule has 5 heteroatoms. The van der Waals surface area contributed by atoms with Gasteiger partial charge >= 0.3 is 0 Å². The minimum Gasteiger partial charge on any atom is -0.299 e. The first-order valence-corrected chi connectivity index (χ1v) is 14.5. The van der Waals surface area contributed by atoms with E-state index in [1.165, 1.54) is 16.3 Å². The Morgan fingerprint density at radius 3 is 2.27 bits per heavy atom. The topological polar surface area (TPSA) is 54.5 Å². The number of aryl methyl sites for hydroxylation is 1. The summed E-state index contributed by atoms with van der Waals surface area (Å²) in [6, 6.07) is 30.6. The molecule has 4 aromatic carbocycles. The highest BCUT2D eigenvalue weighted by molar-refractivity contribution is 7.89. The lowest BCUT2D eigenvalue weighted by molar-refractivity contribution is -0.131. The molecule has 1 heterocycles. The highest BCUT2D eigenvalue weighted by Gasteiger charge is 2.50. The normalized spacial score (nSPS) is 24.6. The molecule has 4 unspecified atom stereocenters. The van der Waals surface area contributed by atoms with Crippen LogP contribution < -0.4 is 0 Å². The van der Waals surface area contributed by atoms with Crippen molar-refractivity contribution in [3.8, 4) is 0 Å². The van der Waals surface area contributed by atoms with E-state index in [0.29, 0.717) is 17.7 Å². The first-order chi connectivity index (χ1) is 17.9. The average Bonchev–Trinajstić information content (AvgIpc) is 2.93. The van der Waals surface area contributed by atoms with Gasteiger partial charge in [0.15, 0.2) is 0 Å². The van der Waals surface area contributed by atoms with Gasteiger partial charge in [-0.05, 0) is 66.1 Å². The summed E-state index contributed by atoms with van der Waals surface area (Å²) in [7, 11) is -3.84. The van der Waals surface area contributed by atoms with Crippen molar-refractivity contribution in [1.82, 2.24) is 4.31 Å². The molecule has 4 nitrogen and oxygen atoms in total. The molecule has 4 aromatic rings. The van der Waals surface area contributed by atoms with Crippen LogP contribution in [-0.4, -0.2) is 24.5 Å². The zero-order valence-corrected chi connectivity index (χ0v) is 21.8. The molecule has 0 spiro atoms. The molecule has 1 saturated carbocycles. The van der Waals surface area contributed by atoms with Gasteiger partial charge in [0.2, 0.25) is 10.0 Å². The molecule has 1 aliphatic heterocycles. The largest absolute Gasteiger partial charge is 0.299 e. The van der Waals surface area contributed by atoms with Crippen LogP contribution in [-0.2, 0) is 14.8 Å². The second-order valence-electron chi connectivity index (χ2n) is 10.5. The number of nitrogens with zero attached hydrogens (tertiary/aromatic N) is 1. The highest BCUT2D eigenvalue weighted by atomic mass is 32.2. The smallest absolute Gasteiger partial charge is 0.243 e. The van der Waals surface area contributed by atoms with Crippen LogP contribution in [0.2, 0.25) is 0 Å². The van der Waals surface area contributed by atoms with Crippen molar-refractivity contribution in [1.29, 1.82) is 0 Å². The van der Waals surface area contributed by atoms with Gasteiger partial charge in [0.25, 0.3) is 0 Å². The molecule has 6 rings (SSSR count). The van der Waals surface area contributed by atoms with E-state index in [-0.39, 0.29) is 30.1 Å². The second-order valence-corrected chi connectivity index (χ2v) is 12.3. The first-order valence-electron chi connectivity index (χ1n) is 13.1. The van der Waals surface area contributed by atoms with Crippen molar-refractivity contribution in [2.24, 2.45) is 5.92 Å². The maximum atomic E-state index is 14.3. The summed E-state index contributed by atoms with van der Waals surface area (Å²) in [5, 5.41) is 2.40. The van der Waals surface area contributed by atoms with Crippen molar-refractivity contribution in [3.63, 3.8) is 0 Å². The summed E-state index contributed by atoms with van der Waals surface area (Å²) in [5.41, 5.74) is 3.13. The Hall–Kier alpha value is -3.28. The third-order valence-corrected chi connectivity index (χ3v) is 10.3. The minimum absolute atomic E-state index is 0.186. The van der Waals surface area contributed by atoms with E-state index in [0.717, 1.165) is 17.5 Å². The van der Waals surface area contributed by atoms with Gasteiger partial charge in [0.1, 0.15) is 5.78 Å². The number of hydrogen-bond donors (Lipinski definition) is 0. The Kier molecular flexibility index (Phi) is 6.21. The molecular formula is C32H31NO3S. The fraction of sp³-hybridized carbons (Fsp3) is 0.281. The summed E-state index contributed by atoms with van der Waals surface area (Å²) in [6.45, 7) is 1.95. The number of carbonyl (C=O) groups is 1. The maximum absolute atomic E-state index is 14.3. The fourth-order valence-electron chi connectivity index (χ4n) is 6.47. The third kappa shape index (κ3) is 4.30. The molecule has 37 heavy (non-hydrogen) atoms.